The SMILES string of the molecule is CCCn1c(=O)c2[nH]c(C34CCC(CC3)O4)nc2n(CCC)c1=O. The van der Waals surface area contributed by atoms with Crippen LogP contribution < -0.4 is 11.2 Å². The summed E-state index contributed by atoms with van der Waals surface area (Å²) in [7, 11) is 0. The van der Waals surface area contributed by atoms with Gasteiger partial charge in [0.15, 0.2) is 5.65 Å². The Kier molecular flexibility index (Phi) is 3.63. The van der Waals surface area contributed by atoms with Crippen LogP contribution in [0.25, 0.3) is 11.2 Å². The van der Waals surface area contributed by atoms with Crippen LogP contribution in [-0.4, -0.2) is 25.2 Å². The van der Waals surface area contributed by atoms with E-state index in [1.54, 1.807) is 4.57 Å². The van der Waals surface area contributed by atoms with Crippen molar-refractivity contribution in [2.45, 2.75) is 77.2 Å². The number of hydrogen-bond acceptors (Lipinski definition) is 4. The molecule has 4 heterocycles. The molecule has 130 valence electrons. The van der Waals surface area contributed by atoms with Crippen LogP contribution >= 0.6 is 0 Å². The summed E-state index contributed by atoms with van der Waals surface area (Å²) < 4.78 is 9.09. The maximum absolute atomic E-state index is 12.8. The minimum Gasteiger partial charge on any atom is -0.364 e. The van der Waals surface area contributed by atoms with E-state index in [0.29, 0.717) is 36.2 Å². The predicted molar refractivity (Wildman–Crippen MR) is 90.2 cm³/mol. The second kappa shape index (κ2) is 5.58. The first-order chi connectivity index (χ1) is 11.6. The maximum Gasteiger partial charge on any atom is 0.332 e. The Balaban J connectivity index is 1.95. The molecule has 2 fully saturated rings. The quantitative estimate of drug-likeness (QED) is 0.906. The summed E-state index contributed by atoms with van der Waals surface area (Å²) in [6, 6.07) is 0. The summed E-state index contributed by atoms with van der Waals surface area (Å²) in [4.78, 5) is 33.4. The fourth-order valence-electron chi connectivity index (χ4n) is 4.13. The number of ether oxygens (including phenoxy) is 1. The van der Waals surface area contributed by atoms with Gasteiger partial charge >= 0.3 is 5.69 Å². The first-order valence-corrected chi connectivity index (χ1v) is 9.01. The Bertz CT molecular complexity index is 884. The fourth-order valence-corrected chi connectivity index (χ4v) is 4.13. The lowest BCUT2D eigenvalue weighted by atomic mass is 9.88. The summed E-state index contributed by atoms with van der Waals surface area (Å²) in [5.74, 6) is 0.716. The molecule has 0 aliphatic carbocycles. The third kappa shape index (κ3) is 2.10. The van der Waals surface area contributed by atoms with Crippen LogP contribution in [0.3, 0.4) is 0 Å². The van der Waals surface area contributed by atoms with Crippen LogP contribution in [-0.2, 0) is 23.4 Å². The van der Waals surface area contributed by atoms with Gasteiger partial charge in [0.2, 0.25) is 0 Å². The highest BCUT2D eigenvalue weighted by atomic mass is 16.5. The third-order valence-corrected chi connectivity index (χ3v) is 5.32. The number of H-pyrrole nitrogens is 1. The molecule has 24 heavy (non-hydrogen) atoms. The average molecular weight is 332 g/mol. The predicted octanol–water partition coefficient (Wildman–Crippen LogP) is 1.87. The molecule has 1 N–H and O–H groups in total. The smallest absolute Gasteiger partial charge is 0.332 e. The van der Waals surface area contributed by atoms with Crippen molar-refractivity contribution >= 4 is 11.2 Å². The summed E-state index contributed by atoms with van der Waals surface area (Å²) in [6.07, 6.45) is 5.80. The van der Waals surface area contributed by atoms with Crippen LogP contribution in [0.1, 0.15) is 58.2 Å². The molecule has 2 aromatic rings. The zero-order valence-corrected chi connectivity index (χ0v) is 14.3. The Morgan fingerprint density at radius 1 is 1.17 bits per heavy atom. The van der Waals surface area contributed by atoms with E-state index >= 15 is 0 Å². The van der Waals surface area contributed by atoms with Crippen LogP contribution in [0.5, 0.6) is 0 Å². The van der Waals surface area contributed by atoms with Crippen molar-refractivity contribution in [3.05, 3.63) is 26.7 Å². The monoisotopic (exact) mass is 332 g/mol. The number of nitrogens with one attached hydrogen (secondary N) is 1. The summed E-state index contributed by atoms with van der Waals surface area (Å²) >= 11 is 0. The van der Waals surface area contributed by atoms with Gasteiger partial charge in [-0.3, -0.25) is 13.9 Å². The molecule has 4 rings (SSSR count). The van der Waals surface area contributed by atoms with Gasteiger partial charge in [-0.1, -0.05) is 13.8 Å². The Morgan fingerprint density at radius 2 is 1.83 bits per heavy atom. The molecule has 0 radical (unpaired) electrons. The Morgan fingerprint density at radius 3 is 2.42 bits per heavy atom. The molecule has 2 aromatic heterocycles. The van der Waals surface area contributed by atoms with Crippen molar-refractivity contribution in [3.8, 4) is 0 Å². The van der Waals surface area contributed by atoms with Crippen LogP contribution in [0, 0.1) is 0 Å². The molecule has 2 bridgehead atoms. The van der Waals surface area contributed by atoms with E-state index in [-0.39, 0.29) is 11.2 Å². The first kappa shape index (κ1) is 15.6. The van der Waals surface area contributed by atoms with Gasteiger partial charge in [0.05, 0.1) is 6.10 Å². The number of aromatic amines is 1. The molecule has 0 unspecified atom stereocenters. The molecule has 2 saturated heterocycles. The van der Waals surface area contributed by atoms with Crippen molar-refractivity contribution in [3.63, 3.8) is 0 Å². The van der Waals surface area contributed by atoms with Gasteiger partial charge in [-0.05, 0) is 38.5 Å². The first-order valence-electron chi connectivity index (χ1n) is 9.01. The number of fused-ring (bicyclic) bond motifs is 3. The molecule has 0 saturated carbocycles. The molecule has 7 heteroatoms. The standard InChI is InChI=1S/C17H24N4O3/c1-3-9-20-13-12(14(22)21(10-4-2)16(20)23)18-15(19-13)17-7-5-11(24-17)6-8-17/h11H,3-10H2,1-2H3,(H,18,19). The number of aromatic nitrogens is 4. The van der Waals surface area contributed by atoms with E-state index in [0.717, 1.165) is 38.5 Å². The normalized spacial score (nSPS) is 25.8. The minimum atomic E-state index is -0.390. The summed E-state index contributed by atoms with van der Waals surface area (Å²) in [5, 5.41) is 0. The molecule has 0 spiro atoms. The fraction of sp³-hybridized carbons (Fsp3) is 0.706. The molecule has 0 aromatic carbocycles. The van der Waals surface area contributed by atoms with Gasteiger partial charge in [-0.15, -0.1) is 0 Å². The van der Waals surface area contributed by atoms with Gasteiger partial charge in [0.25, 0.3) is 5.56 Å². The topological polar surface area (TPSA) is 81.9 Å². The highest BCUT2D eigenvalue weighted by molar-refractivity contribution is 5.70. The van der Waals surface area contributed by atoms with E-state index in [1.165, 1.54) is 4.57 Å². The van der Waals surface area contributed by atoms with E-state index < -0.39 is 5.60 Å². The van der Waals surface area contributed by atoms with E-state index in [1.807, 2.05) is 13.8 Å². The van der Waals surface area contributed by atoms with Crippen LogP contribution in [0.2, 0.25) is 0 Å². The highest BCUT2D eigenvalue weighted by Gasteiger charge is 2.49. The third-order valence-electron chi connectivity index (χ3n) is 5.32. The minimum absolute atomic E-state index is 0.261. The van der Waals surface area contributed by atoms with Gasteiger partial charge in [-0.2, -0.15) is 0 Å². The van der Waals surface area contributed by atoms with Crippen molar-refractivity contribution in [1.29, 1.82) is 0 Å². The lowest BCUT2D eigenvalue weighted by molar-refractivity contribution is 0.00399. The Labute approximate surface area is 139 Å². The van der Waals surface area contributed by atoms with Crippen molar-refractivity contribution in [1.82, 2.24) is 19.1 Å². The van der Waals surface area contributed by atoms with Crippen molar-refractivity contribution in [2.24, 2.45) is 0 Å². The lowest BCUT2D eigenvalue weighted by Crippen LogP contribution is -2.40. The van der Waals surface area contributed by atoms with E-state index in [9.17, 15) is 9.59 Å². The second-order valence-corrected chi connectivity index (χ2v) is 6.99. The zero-order valence-electron chi connectivity index (χ0n) is 14.3. The van der Waals surface area contributed by atoms with Crippen molar-refractivity contribution < 1.29 is 4.74 Å². The van der Waals surface area contributed by atoms with E-state index in [4.69, 9.17) is 4.74 Å². The van der Waals surface area contributed by atoms with Gasteiger partial charge in [-0.25, -0.2) is 9.78 Å². The Hall–Kier alpha value is -1.89. The summed E-state index contributed by atoms with van der Waals surface area (Å²) in [6.45, 7) is 4.96. The second-order valence-electron chi connectivity index (χ2n) is 6.99. The van der Waals surface area contributed by atoms with Crippen LogP contribution in [0.4, 0.5) is 0 Å². The average Bonchev–Trinajstić information content (AvgIpc) is 3.29. The molecule has 0 atom stereocenters. The van der Waals surface area contributed by atoms with Crippen LogP contribution in [0.15, 0.2) is 9.59 Å². The van der Waals surface area contributed by atoms with Gasteiger partial charge in [0, 0.05) is 13.1 Å². The largest absolute Gasteiger partial charge is 0.364 e. The number of aryl methyl sites for hydroxylation is 1. The molecular formula is C17H24N4O3. The zero-order chi connectivity index (χ0) is 16.9. The molecule has 0 amide bonds. The number of nitrogens with zero attached hydrogens (tertiary/aromatic N) is 3. The molecular weight excluding hydrogens is 308 g/mol. The van der Waals surface area contributed by atoms with Crippen molar-refractivity contribution in [2.75, 3.05) is 0 Å². The highest BCUT2D eigenvalue weighted by Crippen LogP contribution is 2.49. The van der Waals surface area contributed by atoms with Gasteiger partial charge < -0.3 is 9.72 Å². The maximum atomic E-state index is 12.8. The van der Waals surface area contributed by atoms with Gasteiger partial charge in [0.1, 0.15) is 16.9 Å². The molecule has 2 aliphatic heterocycles. The number of imidazole rings is 1. The van der Waals surface area contributed by atoms with E-state index in [2.05, 4.69) is 9.97 Å². The lowest BCUT2D eigenvalue weighted by Gasteiger charge is -2.21. The number of hydrogen-bond donors (Lipinski definition) is 1. The molecule has 2 aliphatic rings. The molecule has 7 nitrogen and oxygen atoms in total. The number of rotatable bonds is 5. The summed E-state index contributed by atoms with van der Waals surface area (Å²) in [5.41, 5.74) is -0.0173.